The van der Waals surface area contributed by atoms with Gasteiger partial charge in [0.05, 0.1) is 11.8 Å². The van der Waals surface area contributed by atoms with Crippen molar-refractivity contribution in [3.63, 3.8) is 0 Å². The highest BCUT2D eigenvalue weighted by molar-refractivity contribution is 5.94. The maximum Gasteiger partial charge on any atom is 0.264 e. The summed E-state index contributed by atoms with van der Waals surface area (Å²) in [7, 11) is 0. The van der Waals surface area contributed by atoms with Gasteiger partial charge in [0, 0.05) is 18.4 Å². The van der Waals surface area contributed by atoms with Crippen LogP contribution in [-0.4, -0.2) is 33.6 Å². The normalized spacial score (nSPS) is 25.0. The summed E-state index contributed by atoms with van der Waals surface area (Å²) < 4.78 is 0. The van der Waals surface area contributed by atoms with E-state index in [0.29, 0.717) is 24.0 Å². The van der Waals surface area contributed by atoms with Crippen molar-refractivity contribution in [2.75, 3.05) is 6.54 Å². The van der Waals surface area contributed by atoms with E-state index < -0.39 is 5.91 Å². The Bertz CT molecular complexity index is 607. The van der Waals surface area contributed by atoms with E-state index in [-0.39, 0.29) is 23.1 Å². The summed E-state index contributed by atoms with van der Waals surface area (Å²) >= 11 is 0. The molecule has 6 nitrogen and oxygen atoms in total. The van der Waals surface area contributed by atoms with Crippen molar-refractivity contribution in [2.45, 2.75) is 51.0 Å². The predicted molar refractivity (Wildman–Crippen MR) is 77.3 cm³/mol. The average molecular weight is 291 g/mol. The van der Waals surface area contributed by atoms with Gasteiger partial charge in [-0.3, -0.25) is 9.59 Å². The van der Waals surface area contributed by atoms with Crippen molar-refractivity contribution in [3.8, 4) is 0 Å². The molecule has 0 bridgehead atoms. The molecule has 1 amide bonds. The van der Waals surface area contributed by atoms with Crippen LogP contribution in [0.3, 0.4) is 0 Å². The number of hydrogen-bond acceptors (Lipinski definition) is 4. The van der Waals surface area contributed by atoms with Crippen LogP contribution in [0.4, 0.5) is 0 Å². The molecule has 1 aromatic heterocycles. The van der Waals surface area contributed by atoms with Crippen molar-refractivity contribution < 1.29 is 9.90 Å². The SMILES string of the molecule is Cc1nc(C2CC2)[nH]c(=O)c1C(=O)NCC1CCCC1O. The number of carbonyl (C=O) groups is 1. The van der Waals surface area contributed by atoms with Crippen LogP contribution in [0.1, 0.15) is 59.9 Å². The molecule has 6 heteroatoms. The molecule has 0 radical (unpaired) electrons. The second kappa shape index (κ2) is 5.60. The summed E-state index contributed by atoms with van der Waals surface area (Å²) in [6.07, 6.45) is 4.44. The smallest absolute Gasteiger partial charge is 0.264 e. The van der Waals surface area contributed by atoms with Gasteiger partial charge in [-0.05, 0) is 32.6 Å². The number of hydrogen-bond donors (Lipinski definition) is 3. The molecule has 21 heavy (non-hydrogen) atoms. The van der Waals surface area contributed by atoms with Crippen LogP contribution >= 0.6 is 0 Å². The molecule has 2 fully saturated rings. The first-order chi connectivity index (χ1) is 10.1. The Hall–Kier alpha value is -1.69. The third-order valence-corrected chi connectivity index (χ3v) is 4.45. The van der Waals surface area contributed by atoms with Crippen molar-refractivity contribution in [1.82, 2.24) is 15.3 Å². The van der Waals surface area contributed by atoms with Crippen LogP contribution in [0.25, 0.3) is 0 Å². The number of aryl methyl sites for hydroxylation is 1. The van der Waals surface area contributed by atoms with Gasteiger partial charge < -0.3 is 15.4 Å². The van der Waals surface area contributed by atoms with E-state index >= 15 is 0 Å². The molecule has 2 saturated carbocycles. The second-order valence-electron chi connectivity index (χ2n) is 6.15. The number of aliphatic hydroxyl groups excluding tert-OH is 1. The predicted octanol–water partition coefficient (Wildman–Crippen LogP) is 0.847. The van der Waals surface area contributed by atoms with E-state index in [9.17, 15) is 14.7 Å². The summed E-state index contributed by atoms with van der Waals surface area (Å²) in [6, 6.07) is 0. The third-order valence-electron chi connectivity index (χ3n) is 4.45. The van der Waals surface area contributed by atoms with Crippen molar-refractivity contribution in [1.29, 1.82) is 0 Å². The number of aliphatic hydroxyl groups is 1. The first-order valence-corrected chi connectivity index (χ1v) is 7.63. The lowest BCUT2D eigenvalue weighted by Crippen LogP contribution is -2.36. The summed E-state index contributed by atoms with van der Waals surface area (Å²) in [4.78, 5) is 31.3. The molecular weight excluding hydrogens is 270 g/mol. The minimum Gasteiger partial charge on any atom is -0.393 e. The fourth-order valence-electron chi connectivity index (χ4n) is 2.99. The van der Waals surface area contributed by atoms with Gasteiger partial charge in [-0.2, -0.15) is 0 Å². The lowest BCUT2D eigenvalue weighted by molar-refractivity contribution is 0.0914. The van der Waals surface area contributed by atoms with Gasteiger partial charge in [0.25, 0.3) is 11.5 Å². The van der Waals surface area contributed by atoms with E-state index in [1.165, 1.54) is 0 Å². The van der Waals surface area contributed by atoms with Gasteiger partial charge in [-0.25, -0.2) is 4.98 Å². The molecule has 3 N–H and O–H groups in total. The van der Waals surface area contributed by atoms with Gasteiger partial charge >= 0.3 is 0 Å². The van der Waals surface area contributed by atoms with Crippen LogP contribution in [0.15, 0.2) is 4.79 Å². The van der Waals surface area contributed by atoms with Gasteiger partial charge in [-0.15, -0.1) is 0 Å². The molecule has 2 aliphatic rings. The highest BCUT2D eigenvalue weighted by Crippen LogP contribution is 2.37. The first kappa shape index (κ1) is 14.3. The lowest BCUT2D eigenvalue weighted by Gasteiger charge is -2.15. The third kappa shape index (κ3) is 3.00. The van der Waals surface area contributed by atoms with Crippen LogP contribution in [0.5, 0.6) is 0 Å². The number of rotatable bonds is 4. The van der Waals surface area contributed by atoms with E-state index in [2.05, 4.69) is 15.3 Å². The number of nitrogens with zero attached hydrogens (tertiary/aromatic N) is 1. The zero-order valence-corrected chi connectivity index (χ0v) is 12.2. The lowest BCUT2D eigenvalue weighted by atomic mass is 10.1. The molecule has 0 saturated heterocycles. The zero-order chi connectivity index (χ0) is 15.0. The molecule has 0 spiro atoms. The molecule has 1 aromatic rings. The van der Waals surface area contributed by atoms with Crippen LogP contribution in [0, 0.1) is 12.8 Å². The number of nitrogens with one attached hydrogen (secondary N) is 2. The molecule has 2 aliphatic carbocycles. The maximum atomic E-state index is 12.2. The van der Waals surface area contributed by atoms with E-state index in [1.807, 2.05) is 0 Å². The Morgan fingerprint density at radius 3 is 2.71 bits per heavy atom. The van der Waals surface area contributed by atoms with Crippen molar-refractivity contribution in [3.05, 3.63) is 27.4 Å². The molecule has 3 rings (SSSR count). The number of aromatic amines is 1. The van der Waals surface area contributed by atoms with Crippen LogP contribution < -0.4 is 10.9 Å². The van der Waals surface area contributed by atoms with Gasteiger partial charge in [0.2, 0.25) is 0 Å². The van der Waals surface area contributed by atoms with Gasteiger partial charge in [0.1, 0.15) is 11.4 Å². The standard InChI is InChI=1S/C15H21N3O3/c1-8-12(15(21)18-13(17-8)9-5-6-9)14(20)16-7-10-3-2-4-11(10)19/h9-11,19H,2-7H2,1H3,(H,16,20)(H,17,18,21). The second-order valence-corrected chi connectivity index (χ2v) is 6.15. The fraction of sp³-hybridized carbons (Fsp3) is 0.667. The fourth-order valence-corrected chi connectivity index (χ4v) is 2.99. The van der Waals surface area contributed by atoms with Gasteiger partial charge in [-0.1, -0.05) is 6.42 Å². The summed E-state index contributed by atoms with van der Waals surface area (Å²) in [6.45, 7) is 2.10. The molecular formula is C15H21N3O3. The summed E-state index contributed by atoms with van der Waals surface area (Å²) in [5.74, 6) is 0.733. The van der Waals surface area contributed by atoms with Crippen LogP contribution in [-0.2, 0) is 0 Å². The Kier molecular flexibility index (Phi) is 3.80. The van der Waals surface area contributed by atoms with Crippen molar-refractivity contribution in [2.24, 2.45) is 5.92 Å². The van der Waals surface area contributed by atoms with Gasteiger partial charge in [0.15, 0.2) is 0 Å². The van der Waals surface area contributed by atoms with E-state index in [4.69, 9.17) is 0 Å². The van der Waals surface area contributed by atoms with E-state index in [1.54, 1.807) is 6.92 Å². The highest BCUT2D eigenvalue weighted by Gasteiger charge is 2.29. The molecule has 0 aromatic carbocycles. The number of aromatic nitrogens is 2. The molecule has 0 aliphatic heterocycles. The van der Waals surface area contributed by atoms with E-state index in [0.717, 1.165) is 32.1 Å². The number of H-pyrrole nitrogens is 1. The molecule has 114 valence electrons. The summed E-state index contributed by atoms with van der Waals surface area (Å²) in [5, 5.41) is 12.5. The monoisotopic (exact) mass is 291 g/mol. The van der Waals surface area contributed by atoms with Crippen LogP contribution in [0.2, 0.25) is 0 Å². The number of carbonyl (C=O) groups excluding carboxylic acids is 1. The molecule has 1 heterocycles. The van der Waals surface area contributed by atoms with Crippen molar-refractivity contribution >= 4 is 5.91 Å². The molecule has 2 unspecified atom stereocenters. The summed E-state index contributed by atoms with van der Waals surface area (Å²) in [5.41, 5.74) is 0.200. The first-order valence-electron chi connectivity index (χ1n) is 7.63. The largest absolute Gasteiger partial charge is 0.393 e. The Morgan fingerprint density at radius 2 is 2.14 bits per heavy atom. The Labute approximate surface area is 123 Å². The maximum absolute atomic E-state index is 12.2. The Morgan fingerprint density at radius 1 is 1.38 bits per heavy atom. The average Bonchev–Trinajstić information content (AvgIpc) is 3.19. The molecule has 2 atom stereocenters. The topological polar surface area (TPSA) is 95.1 Å². The Balaban J connectivity index is 1.70. The zero-order valence-electron chi connectivity index (χ0n) is 12.2. The minimum absolute atomic E-state index is 0.0897. The minimum atomic E-state index is -0.400. The number of amides is 1. The highest BCUT2D eigenvalue weighted by atomic mass is 16.3. The quantitative estimate of drug-likeness (QED) is 0.766.